The molecule has 1 aromatic rings. The van der Waals surface area contributed by atoms with Gasteiger partial charge in [-0.2, -0.15) is 0 Å². The number of hydrogen-bond donors (Lipinski definition) is 3. The Labute approximate surface area is 149 Å². The molecule has 2 fully saturated rings. The van der Waals surface area contributed by atoms with Crippen molar-refractivity contribution >= 4 is 5.91 Å². The van der Waals surface area contributed by atoms with Crippen LogP contribution in [0.15, 0.2) is 12.1 Å². The number of hydrogen-bond acceptors (Lipinski definition) is 4. The molecule has 2 aliphatic carbocycles. The molecule has 0 bridgehead atoms. The first-order valence-corrected chi connectivity index (χ1v) is 9.53. The van der Waals surface area contributed by atoms with Crippen LogP contribution in [0.4, 0.5) is 0 Å². The highest BCUT2D eigenvalue weighted by molar-refractivity contribution is 5.79. The number of nitrogens with one attached hydrogen (secondary N) is 1. The van der Waals surface area contributed by atoms with E-state index in [0.717, 1.165) is 29.8 Å². The Morgan fingerprint density at radius 1 is 1.32 bits per heavy atom. The molecule has 25 heavy (non-hydrogen) atoms. The Kier molecular flexibility index (Phi) is 5.44. The number of amides is 1. The molecule has 1 unspecified atom stereocenters. The summed E-state index contributed by atoms with van der Waals surface area (Å²) in [5.74, 6) is 0.312. The number of carbonyl (C=O) groups excluding carboxylic acids is 1. The molecule has 3 N–H and O–H groups in total. The summed E-state index contributed by atoms with van der Waals surface area (Å²) in [7, 11) is 0. The van der Waals surface area contributed by atoms with E-state index in [1.165, 1.54) is 19.3 Å². The zero-order chi connectivity index (χ0) is 18.0. The lowest BCUT2D eigenvalue weighted by Crippen LogP contribution is -2.54. The van der Waals surface area contributed by atoms with Gasteiger partial charge in [-0.15, -0.1) is 0 Å². The molecule has 5 nitrogen and oxygen atoms in total. The summed E-state index contributed by atoms with van der Waals surface area (Å²) in [4.78, 5) is 16.8. The summed E-state index contributed by atoms with van der Waals surface area (Å²) in [6.45, 7) is 3.97. The van der Waals surface area contributed by atoms with Crippen LogP contribution in [-0.2, 0) is 11.3 Å². The highest BCUT2D eigenvalue weighted by atomic mass is 16.3. The minimum Gasteiger partial charge on any atom is -0.390 e. The molecule has 2 saturated carbocycles. The lowest BCUT2D eigenvalue weighted by atomic mass is 9.61. The Morgan fingerprint density at radius 3 is 2.60 bits per heavy atom. The second-order valence-corrected chi connectivity index (χ2v) is 7.91. The molecule has 2 aliphatic rings. The van der Waals surface area contributed by atoms with E-state index in [4.69, 9.17) is 0 Å². The lowest BCUT2D eigenvalue weighted by Gasteiger charge is -2.49. The van der Waals surface area contributed by atoms with E-state index < -0.39 is 11.7 Å². The van der Waals surface area contributed by atoms with Crippen LogP contribution in [0, 0.1) is 18.8 Å². The minimum absolute atomic E-state index is 0.0135. The number of nitrogens with zero attached hydrogens (tertiary/aromatic N) is 1. The van der Waals surface area contributed by atoms with Crippen LogP contribution in [-0.4, -0.2) is 26.7 Å². The van der Waals surface area contributed by atoms with Crippen LogP contribution < -0.4 is 5.32 Å². The van der Waals surface area contributed by atoms with Gasteiger partial charge in [0.05, 0.1) is 23.9 Å². The Morgan fingerprint density at radius 2 is 2.00 bits per heavy atom. The first-order valence-electron chi connectivity index (χ1n) is 9.53. The third-order valence-corrected chi connectivity index (χ3v) is 6.01. The molecule has 1 aromatic heterocycles. The SMILES string of the molecule is Cc1nc(CNC(=O)C2CC(O)(C3CCCCC3)C2)ccc1C(C)O. The highest BCUT2D eigenvalue weighted by Gasteiger charge is 2.50. The van der Waals surface area contributed by atoms with Crippen LogP contribution in [0.25, 0.3) is 0 Å². The van der Waals surface area contributed by atoms with Crippen molar-refractivity contribution in [2.24, 2.45) is 11.8 Å². The lowest BCUT2D eigenvalue weighted by molar-refractivity contribution is -0.154. The zero-order valence-corrected chi connectivity index (χ0v) is 15.3. The van der Waals surface area contributed by atoms with Gasteiger partial charge in [0.15, 0.2) is 0 Å². The van der Waals surface area contributed by atoms with Crippen molar-refractivity contribution in [3.05, 3.63) is 29.1 Å². The van der Waals surface area contributed by atoms with Gasteiger partial charge < -0.3 is 15.5 Å². The quantitative estimate of drug-likeness (QED) is 0.766. The predicted molar refractivity (Wildman–Crippen MR) is 95.7 cm³/mol. The number of pyridine rings is 1. The first-order chi connectivity index (χ1) is 11.9. The van der Waals surface area contributed by atoms with Gasteiger partial charge in [-0.3, -0.25) is 9.78 Å². The van der Waals surface area contributed by atoms with Crippen molar-refractivity contribution in [1.82, 2.24) is 10.3 Å². The Balaban J connectivity index is 1.48. The van der Waals surface area contributed by atoms with Gasteiger partial charge in [-0.25, -0.2) is 0 Å². The number of aryl methyl sites for hydroxylation is 1. The number of aliphatic hydroxyl groups excluding tert-OH is 1. The van der Waals surface area contributed by atoms with E-state index in [2.05, 4.69) is 10.3 Å². The third-order valence-electron chi connectivity index (χ3n) is 6.01. The topological polar surface area (TPSA) is 82.5 Å². The van der Waals surface area contributed by atoms with Crippen molar-refractivity contribution < 1.29 is 15.0 Å². The van der Waals surface area contributed by atoms with Gasteiger partial charge >= 0.3 is 0 Å². The van der Waals surface area contributed by atoms with E-state index in [1.807, 2.05) is 19.1 Å². The van der Waals surface area contributed by atoms with Crippen LogP contribution in [0.3, 0.4) is 0 Å². The molecule has 0 aromatic carbocycles. The normalized spacial score (nSPS) is 28.2. The largest absolute Gasteiger partial charge is 0.390 e. The van der Waals surface area contributed by atoms with Gasteiger partial charge in [-0.05, 0) is 51.5 Å². The monoisotopic (exact) mass is 346 g/mol. The van der Waals surface area contributed by atoms with Gasteiger partial charge in [0, 0.05) is 17.2 Å². The average molecular weight is 346 g/mol. The molecule has 0 saturated heterocycles. The van der Waals surface area contributed by atoms with E-state index in [9.17, 15) is 15.0 Å². The summed E-state index contributed by atoms with van der Waals surface area (Å²) in [6, 6.07) is 3.70. The molecular formula is C20H30N2O3. The molecule has 138 valence electrons. The first kappa shape index (κ1) is 18.3. The molecule has 1 amide bonds. The predicted octanol–water partition coefficient (Wildman–Crippen LogP) is 2.78. The highest BCUT2D eigenvalue weighted by Crippen LogP contribution is 2.48. The molecule has 0 spiro atoms. The fourth-order valence-electron chi connectivity index (χ4n) is 4.44. The van der Waals surface area contributed by atoms with Gasteiger partial charge in [0.25, 0.3) is 0 Å². The van der Waals surface area contributed by atoms with E-state index in [-0.39, 0.29) is 11.8 Å². The molecule has 3 rings (SSSR count). The molecule has 1 atom stereocenters. The van der Waals surface area contributed by atoms with Gasteiger partial charge in [-0.1, -0.05) is 25.3 Å². The number of rotatable bonds is 5. The average Bonchev–Trinajstić information content (AvgIpc) is 2.57. The summed E-state index contributed by atoms with van der Waals surface area (Å²) < 4.78 is 0. The second-order valence-electron chi connectivity index (χ2n) is 7.91. The summed E-state index contributed by atoms with van der Waals surface area (Å²) >= 11 is 0. The summed E-state index contributed by atoms with van der Waals surface area (Å²) in [6.07, 6.45) is 6.54. The van der Waals surface area contributed by atoms with Crippen LogP contribution in [0.2, 0.25) is 0 Å². The van der Waals surface area contributed by atoms with Crippen molar-refractivity contribution in [2.45, 2.75) is 77.0 Å². The Hall–Kier alpha value is -1.46. The number of aliphatic hydroxyl groups is 2. The molecule has 0 aliphatic heterocycles. The van der Waals surface area contributed by atoms with Gasteiger partial charge in [0.2, 0.25) is 5.91 Å². The van der Waals surface area contributed by atoms with Crippen molar-refractivity contribution in [3.8, 4) is 0 Å². The van der Waals surface area contributed by atoms with Gasteiger partial charge in [0.1, 0.15) is 0 Å². The smallest absolute Gasteiger partial charge is 0.223 e. The maximum atomic E-state index is 12.3. The summed E-state index contributed by atoms with van der Waals surface area (Å²) in [5.41, 5.74) is 1.77. The summed E-state index contributed by atoms with van der Waals surface area (Å²) in [5, 5.41) is 23.3. The zero-order valence-electron chi connectivity index (χ0n) is 15.3. The van der Waals surface area contributed by atoms with Crippen molar-refractivity contribution in [3.63, 3.8) is 0 Å². The molecular weight excluding hydrogens is 316 g/mol. The Bertz CT molecular complexity index is 617. The maximum Gasteiger partial charge on any atom is 0.223 e. The number of carbonyl (C=O) groups is 1. The second kappa shape index (κ2) is 7.42. The van der Waals surface area contributed by atoms with E-state index in [0.29, 0.717) is 25.3 Å². The molecule has 0 radical (unpaired) electrons. The molecule has 1 heterocycles. The standard InChI is InChI=1S/C20H30N2O3/c1-13-18(14(2)23)9-8-17(22-13)12-21-19(24)15-10-20(25,11-15)16-6-4-3-5-7-16/h8-9,14-16,23,25H,3-7,10-12H2,1-2H3,(H,21,24). The number of aromatic nitrogens is 1. The van der Waals surface area contributed by atoms with Crippen LogP contribution >= 0.6 is 0 Å². The maximum absolute atomic E-state index is 12.3. The molecule has 5 heteroatoms. The van der Waals surface area contributed by atoms with Crippen molar-refractivity contribution in [2.75, 3.05) is 0 Å². The van der Waals surface area contributed by atoms with Crippen LogP contribution in [0.1, 0.15) is 74.9 Å². The van der Waals surface area contributed by atoms with E-state index >= 15 is 0 Å². The fourth-order valence-corrected chi connectivity index (χ4v) is 4.44. The fraction of sp³-hybridized carbons (Fsp3) is 0.700. The third kappa shape index (κ3) is 4.04. The van der Waals surface area contributed by atoms with E-state index in [1.54, 1.807) is 6.92 Å². The van der Waals surface area contributed by atoms with Crippen molar-refractivity contribution in [1.29, 1.82) is 0 Å². The van der Waals surface area contributed by atoms with Crippen LogP contribution in [0.5, 0.6) is 0 Å². The minimum atomic E-state index is -0.615.